The highest BCUT2D eigenvalue weighted by atomic mass is 19.4. The minimum Gasteiger partial charge on any atom is -0.350 e. The first kappa shape index (κ1) is 21.8. The number of nitrogens with one attached hydrogen (secondary N) is 1. The van der Waals surface area contributed by atoms with Crippen molar-refractivity contribution in [2.24, 2.45) is 0 Å². The van der Waals surface area contributed by atoms with Crippen LogP contribution in [0, 0.1) is 5.82 Å². The van der Waals surface area contributed by atoms with Crippen molar-refractivity contribution in [2.75, 3.05) is 0 Å². The highest BCUT2D eigenvalue weighted by molar-refractivity contribution is 5.94. The maximum absolute atomic E-state index is 13.2. The van der Waals surface area contributed by atoms with Crippen molar-refractivity contribution in [3.05, 3.63) is 71.0 Å². The molecular formula is C22H22F4N2O2. The van der Waals surface area contributed by atoms with Crippen LogP contribution < -0.4 is 5.32 Å². The van der Waals surface area contributed by atoms with E-state index in [2.05, 4.69) is 5.32 Å². The Morgan fingerprint density at radius 2 is 1.70 bits per heavy atom. The molecule has 2 atom stereocenters. The van der Waals surface area contributed by atoms with Gasteiger partial charge in [-0.15, -0.1) is 0 Å². The Hall–Kier alpha value is -2.90. The summed E-state index contributed by atoms with van der Waals surface area (Å²) in [5, 5.41) is 2.73. The molecule has 0 aromatic heterocycles. The molecule has 1 N–H and O–H groups in total. The summed E-state index contributed by atoms with van der Waals surface area (Å²) in [4.78, 5) is 26.8. The van der Waals surface area contributed by atoms with Crippen LogP contribution in [-0.2, 0) is 22.3 Å². The van der Waals surface area contributed by atoms with E-state index in [1.807, 2.05) is 0 Å². The first-order valence-electron chi connectivity index (χ1n) is 9.58. The number of likely N-dealkylation sites (tertiary alicyclic amines) is 1. The molecule has 4 nitrogen and oxygen atoms in total. The van der Waals surface area contributed by atoms with Gasteiger partial charge in [0.15, 0.2) is 0 Å². The summed E-state index contributed by atoms with van der Waals surface area (Å²) in [5.74, 6) is -0.966. The van der Waals surface area contributed by atoms with Crippen LogP contribution in [0.3, 0.4) is 0 Å². The summed E-state index contributed by atoms with van der Waals surface area (Å²) in [7, 11) is 0. The SMILES string of the molecule is CCC(C)(C(=O)NCc1ccc(C(F)(F)F)cc1)N1C(=O)CC1c1ccc(F)cc1. The molecule has 8 heteroatoms. The summed E-state index contributed by atoms with van der Waals surface area (Å²) >= 11 is 0. The number of alkyl halides is 3. The van der Waals surface area contributed by atoms with Gasteiger partial charge >= 0.3 is 6.18 Å². The average Bonchev–Trinajstić information content (AvgIpc) is 2.70. The molecule has 0 bridgehead atoms. The molecule has 3 rings (SSSR count). The molecule has 1 saturated heterocycles. The van der Waals surface area contributed by atoms with Crippen molar-refractivity contribution in [1.82, 2.24) is 10.2 Å². The fraction of sp³-hybridized carbons (Fsp3) is 0.364. The maximum Gasteiger partial charge on any atom is 0.416 e. The van der Waals surface area contributed by atoms with Gasteiger partial charge in [0, 0.05) is 6.54 Å². The van der Waals surface area contributed by atoms with Crippen LogP contribution in [0.2, 0.25) is 0 Å². The Morgan fingerprint density at radius 3 is 2.20 bits per heavy atom. The molecule has 2 aromatic rings. The van der Waals surface area contributed by atoms with Gasteiger partial charge in [0.25, 0.3) is 0 Å². The molecule has 2 aromatic carbocycles. The average molecular weight is 422 g/mol. The second-order valence-corrected chi connectivity index (χ2v) is 7.54. The molecule has 0 spiro atoms. The van der Waals surface area contributed by atoms with Crippen molar-refractivity contribution in [3.8, 4) is 0 Å². The van der Waals surface area contributed by atoms with Crippen LogP contribution in [0.25, 0.3) is 0 Å². The normalized spacial score (nSPS) is 18.5. The Labute approximate surface area is 171 Å². The molecule has 0 aliphatic carbocycles. The van der Waals surface area contributed by atoms with Crippen molar-refractivity contribution >= 4 is 11.8 Å². The first-order chi connectivity index (χ1) is 14.1. The van der Waals surface area contributed by atoms with Gasteiger partial charge in [0.2, 0.25) is 11.8 Å². The van der Waals surface area contributed by atoms with E-state index in [0.29, 0.717) is 12.0 Å². The van der Waals surface area contributed by atoms with Crippen molar-refractivity contribution < 1.29 is 27.2 Å². The zero-order chi connectivity index (χ0) is 22.1. The van der Waals surface area contributed by atoms with Gasteiger partial charge < -0.3 is 10.2 Å². The summed E-state index contributed by atoms with van der Waals surface area (Å²) in [6.45, 7) is 3.48. The molecular weight excluding hydrogens is 400 g/mol. The fourth-order valence-corrected chi connectivity index (χ4v) is 3.61. The molecule has 1 aliphatic rings. The number of hydrogen-bond donors (Lipinski definition) is 1. The van der Waals surface area contributed by atoms with Gasteiger partial charge in [-0.3, -0.25) is 9.59 Å². The third kappa shape index (κ3) is 4.17. The van der Waals surface area contributed by atoms with Crippen molar-refractivity contribution in [1.29, 1.82) is 0 Å². The standard InChI is InChI=1S/C22H22F4N2O2/c1-3-21(2,28-18(12-19(28)29)15-6-10-17(23)11-7-15)20(30)27-13-14-4-8-16(9-5-14)22(24,25)26/h4-11,18H,3,12-13H2,1-2H3,(H,27,30). The lowest BCUT2D eigenvalue weighted by Gasteiger charge is -2.51. The van der Waals surface area contributed by atoms with Crippen LogP contribution in [0.5, 0.6) is 0 Å². The Morgan fingerprint density at radius 1 is 1.10 bits per heavy atom. The predicted molar refractivity (Wildman–Crippen MR) is 103 cm³/mol. The van der Waals surface area contributed by atoms with E-state index in [1.54, 1.807) is 26.0 Å². The minimum absolute atomic E-state index is 0.0375. The van der Waals surface area contributed by atoms with Gasteiger partial charge in [-0.25, -0.2) is 4.39 Å². The van der Waals surface area contributed by atoms with E-state index in [4.69, 9.17) is 0 Å². The quantitative estimate of drug-likeness (QED) is 0.546. The fourth-order valence-electron chi connectivity index (χ4n) is 3.61. The van der Waals surface area contributed by atoms with E-state index < -0.39 is 23.2 Å². The van der Waals surface area contributed by atoms with Crippen LogP contribution >= 0.6 is 0 Å². The molecule has 1 heterocycles. The third-order valence-corrected chi connectivity index (χ3v) is 5.65. The molecule has 1 fully saturated rings. The number of carbonyl (C=O) groups is 2. The summed E-state index contributed by atoms with van der Waals surface area (Å²) < 4.78 is 51.3. The second-order valence-electron chi connectivity index (χ2n) is 7.54. The first-order valence-corrected chi connectivity index (χ1v) is 9.58. The molecule has 30 heavy (non-hydrogen) atoms. The molecule has 1 aliphatic heterocycles. The van der Waals surface area contributed by atoms with Gasteiger partial charge in [0.1, 0.15) is 11.4 Å². The second kappa shape index (κ2) is 8.08. The number of benzene rings is 2. The van der Waals surface area contributed by atoms with Gasteiger partial charge in [-0.05, 0) is 48.7 Å². The third-order valence-electron chi connectivity index (χ3n) is 5.65. The number of β-lactam (4-membered cyclic amide) rings is 1. The monoisotopic (exact) mass is 422 g/mol. The van der Waals surface area contributed by atoms with Gasteiger partial charge in [-0.1, -0.05) is 31.2 Å². The number of carbonyl (C=O) groups excluding carboxylic acids is 2. The summed E-state index contributed by atoms with van der Waals surface area (Å²) in [6.07, 6.45) is -3.85. The Balaban J connectivity index is 1.72. The summed E-state index contributed by atoms with van der Waals surface area (Å²) in [5.41, 5.74) is -0.643. The van der Waals surface area contributed by atoms with Crippen LogP contribution in [0.1, 0.15) is 49.4 Å². The number of halogens is 4. The van der Waals surface area contributed by atoms with E-state index in [9.17, 15) is 27.2 Å². The molecule has 2 unspecified atom stereocenters. The lowest BCUT2D eigenvalue weighted by Crippen LogP contribution is -2.64. The van der Waals surface area contributed by atoms with E-state index in [0.717, 1.165) is 17.7 Å². The lowest BCUT2D eigenvalue weighted by atomic mass is 9.83. The molecule has 0 radical (unpaired) electrons. The zero-order valence-electron chi connectivity index (χ0n) is 16.6. The molecule has 2 amide bonds. The molecule has 160 valence electrons. The van der Waals surface area contributed by atoms with Gasteiger partial charge in [-0.2, -0.15) is 13.2 Å². The van der Waals surface area contributed by atoms with E-state index in [-0.39, 0.29) is 30.7 Å². The smallest absolute Gasteiger partial charge is 0.350 e. The predicted octanol–water partition coefficient (Wildman–Crippen LogP) is 4.60. The molecule has 0 saturated carbocycles. The number of amides is 2. The van der Waals surface area contributed by atoms with Crippen LogP contribution in [0.15, 0.2) is 48.5 Å². The Kier molecular flexibility index (Phi) is 5.87. The number of hydrogen-bond acceptors (Lipinski definition) is 2. The highest BCUT2D eigenvalue weighted by Crippen LogP contribution is 2.41. The Bertz CT molecular complexity index is 926. The van der Waals surface area contributed by atoms with Crippen molar-refractivity contribution in [2.45, 2.75) is 51.0 Å². The lowest BCUT2D eigenvalue weighted by molar-refractivity contribution is -0.164. The van der Waals surface area contributed by atoms with Gasteiger partial charge in [0.05, 0.1) is 18.0 Å². The maximum atomic E-state index is 13.2. The van der Waals surface area contributed by atoms with Crippen LogP contribution in [-0.4, -0.2) is 22.3 Å². The minimum atomic E-state index is -4.42. The highest BCUT2D eigenvalue weighted by Gasteiger charge is 2.50. The number of nitrogens with zero attached hydrogens (tertiary/aromatic N) is 1. The zero-order valence-corrected chi connectivity index (χ0v) is 16.6. The van der Waals surface area contributed by atoms with E-state index in [1.165, 1.54) is 29.2 Å². The largest absolute Gasteiger partial charge is 0.416 e. The topological polar surface area (TPSA) is 49.4 Å². The van der Waals surface area contributed by atoms with Crippen molar-refractivity contribution in [3.63, 3.8) is 0 Å². The number of rotatable bonds is 6. The van der Waals surface area contributed by atoms with Crippen LogP contribution in [0.4, 0.5) is 17.6 Å². The summed E-state index contributed by atoms with van der Waals surface area (Å²) in [6, 6.07) is 10.0. The van der Waals surface area contributed by atoms with E-state index >= 15 is 0 Å².